The summed E-state index contributed by atoms with van der Waals surface area (Å²) in [7, 11) is 2.14. The number of thiophene rings is 1. The maximum absolute atomic E-state index is 4.19. The molecule has 0 N–H and O–H groups in total. The largest absolute Gasteiger partial charge is 0.317 e. The number of aromatic nitrogens is 3. The topological polar surface area (TPSA) is 34.0 Å². The van der Waals surface area contributed by atoms with Crippen LogP contribution in [0.2, 0.25) is 0 Å². The lowest BCUT2D eigenvalue weighted by molar-refractivity contribution is 0.307. The minimum atomic E-state index is 0.724. The summed E-state index contributed by atoms with van der Waals surface area (Å²) in [5.74, 6) is 1.76. The summed E-state index contributed by atoms with van der Waals surface area (Å²) in [5.41, 5.74) is 0. The van der Waals surface area contributed by atoms with Crippen LogP contribution in [-0.2, 0) is 26.1 Å². The Labute approximate surface area is 125 Å². The van der Waals surface area contributed by atoms with Crippen molar-refractivity contribution in [2.24, 2.45) is 5.92 Å². The summed E-state index contributed by atoms with van der Waals surface area (Å²) < 4.78 is 2.09. The Kier molecular flexibility index (Phi) is 5.31. The van der Waals surface area contributed by atoms with Crippen LogP contribution >= 0.6 is 11.3 Å². The molecule has 0 saturated carbocycles. The van der Waals surface area contributed by atoms with Crippen molar-refractivity contribution in [2.45, 2.75) is 46.8 Å². The third-order valence-corrected chi connectivity index (χ3v) is 4.29. The fourth-order valence-electron chi connectivity index (χ4n) is 2.25. The summed E-state index contributed by atoms with van der Waals surface area (Å²) in [6.07, 6.45) is 2.98. The van der Waals surface area contributed by atoms with Gasteiger partial charge in [-0.2, -0.15) is 0 Å². The summed E-state index contributed by atoms with van der Waals surface area (Å²) in [6.45, 7) is 9.38. The molecule has 5 heteroatoms. The molecule has 0 unspecified atom stereocenters. The SMILES string of the molecule is CCn1cnnc1CN(C)Cc1ccc(CC(C)C)s1. The van der Waals surface area contributed by atoms with Crippen LogP contribution in [0.5, 0.6) is 0 Å². The summed E-state index contributed by atoms with van der Waals surface area (Å²) in [5, 5.41) is 8.17. The highest BCUT2D eigenvalue weighted by Crippen LogP contribution is 2.21. The van der Waals surface area contributed by atoms with E-state index >= 15 is 0 Å². The van der Waals surface area contributed by atoms with Gasteiger partial charge in [0.15, 0.2) is 0 Å². The highest BCUT2D eigenvalue weighted by Gasteiger charge is 2.09. The molecular formula is C15H24N4S. The third kappa shape index (κ3) is 4.15. The number of hydrogen-bond donors (Lipinski definition) is 0. The first-order chi connectivity index (χ1) is 9.58. The Morgan fingerprint density at radius 1 is 1.25 bits per heavy atom. The van der Waals surface area contributed by atoms with Crippen molar-refractivity contribution in [3.05, 3.63) is 34.0 Å². The van der Waals surface area contributed by atoms with Crippen LogP contribution in [-0.4, -0.2) is 26.7 Å². The van der Waals surface area contributed by atoms with Crippen molar-refractivity contribution in [3.63, 3.8) is 0 Å². The Morgan fingerprint density at radius 2 is 2.00 bits per heavy atom. The zero-order valence-corrected chi connectivity index (χ0v) is 13.7. The molecule has 0 bridgehead atoms. The molecule has 0 spiro atoms. The van der Waals surface area contributed by atoms with Gasteiger partial charge in [-0.15, -0.1) is 21.5 Å². The zero-order chi connectivity index (χ0) is 14.5. The van der Waals surface area contributed by atoms with Gasteiger partial charge in [0.25, 0.3) is 0 Å². The molecule has 0 aliphatic heterocycles. The Morgan fingerprint density at radius 3 is 2.70 bits per heavy atom. The fourth-order valence-corrected chi connectivity index (χ4v) is 3.56. The first-order valence-electron chi connectivity index (χ1n) is 7.21. The van der Waals surface area contributed by atoms with Crippen molar-refractivity contribution < 1.29 is 0 Å². The van der Waals surface area contributed by atoms with Gasteiger partial charge >= 0.3 is 0 Å². The second-order valence-corrected chi connectivity index (χ2v) is 6.92. The van der Waals surface area contributed by atoms with Crippen LogP contribution in [0.3, 0.4) is 0 Å². The van der Waals surface area contributed by atoms with E-state index in [1.54, 1.807) is 6.33 Å². The van der Waals surface area contributed by atoms with Gasteiger partial charge in [0.2, 0.25) is 0 Å². The monoisotopic (exact) mass is 292 g/mol. The van der Waals surface area contributed by atoms with E-state index in [0.29, 0.717) is 0 Å². The van der Waals surface area contributed by atoms with Crippen molar-refractivity contribution in [1.82, 2.24) is 19.7 Å². The van der Waals surface area contributed by atoms with E-state index in [1.807, 2.05) is 11.3 Å². The van der Waals surface area contributed by atoms with E-state index in [2.05, 4.69) is 59.6 Å². The van der Waals surface area contributed by atoms with Crippen LogP contribution in [0.4, 0.5) is 0 Å². The van der Waals surface area contributed by atoms with Crippen LogP contribution < -0.4 is 0 Å². The third-order valence-electron chi connectivity index (χ3n) is 3.20. The highest BCUT2D eigenvalue weighted by atomic mass is 32.1. The fraction of sp³-hybridized carbons (Fsp3) is 0.600. The first-order valence-corrected chi connectivity index (χ1v) is 8.03. The zero-order valence-electron chi connectivity index (χ0n) is 12.8. The first kappa shape index (κ1) is 15.2. The summed E-state index contributed by atoms with van der Waals surface area (Å²) in [6, 6.07) is 4.52. The highest BCUT2D eigenvalue weighted by molar-refractivity contribution is 7.11. The molecule has 0 fully saturated rings. The Bertz CT molecular complexity index is 529. The number of aryl methyl sites for hydroxylation is 1. The van der Waals surface area contributed by atoms with Gasteiger partial charge in [0, 0.05) is 22.8 Å². The van der Waals surface area contributed by atoms with Gasteiger partial charge in [-0.05, 0) is 38.4 Å². The Balaban J connectivity index is 1.91. The maximum atomic E-state index is 4.19. The molecule has 2 aromatic rings. The number of hydrogen-bond acceptors (Lipinski definition) is 4. The van der Waals surface area contributed by atoms with Gasteiger partial charge in [-0.3, -0.25) is 4.90 Å². The number of nitrogens with zero attached hydrogens (tertiary/aromatic N) is 4. The molecule has 0 aliphatic carbocycles. The molecule has 4 nitrogen and oxygen atoms in total. The lowest BCUT2D eigenvalue weighted by Gasteiger charge is -2.15. The van der Waals surface area contributed by atoms with Gasteiger partial charge in [0.05, 0.1) is 6.54 Å². The standard InChI is InChI=1S/C15H24N4S/c1-5-19-11-16-17-15(19)10-18(4)9-14-7-6-13(20-14)8-12(2)3/h6-7,11-12H,5,8-10H2,1-4H3. The van der Waals surface area contributed by atoms with E-state index in [0.717, 1.165) is 31.4 Å². The molecule has 2 rings (SSSR count). The molecule has 20 heavy (non-hydrogen) atoms. The van der Waals surface area contributed by atoms with Crippen LogP contribution in [0.15, 0.2) is 18.5 Å². The lowest BCUT2D eigenvalue weighted by Crippen LogP contribution is -2.19. The molecule has 0 amide bonds. The normalized spacial score (nSPS) is 11.7. The molecule has 0 radical (unpaired) electrons. The predicted octanol–water partition coefficient (Wildman–Crippen LogP) is 3.19. The second kappa shape index (κ2) is 6.99. The Hall–Kier alpha value is -1.20. The maximum Gasteiger partial charge on any atom is 0.146 e. The van der Waals surface area contributed by atoms with Crippen LogP contribution in [0, 0.1) is 5.92 Å². The van der Waals surface area contributed by atoms with Gasteiger partial charge in [-0.25, -0.2) is 0 Å². The lowest BCUT2D eigenvalue weighted by atomic mass is 10.1. The van der Waals surface area contributed by atoms with Crippen molar-refractivity contribution in [3.8, 4) is 0 Å². The molecule has 110 valence electrons. The minimum Gasteiger partial charge on any atom is -0.317 e. The average molecular weight is 292 g/mol. The van der Waals surface area contributed by atoms with Gasteiger partial charge in [-0.1, -0.05) is 13.8 Å². The predicted molar refractivity (Wildman–Crippen MR) is 83.7 cm³/mol. The van der Waals surface area contributed by atoms with Crippen LogP contribution in [0.1, 0.15) is 36.3 Å². The average Bonchev–Trinajstić information content (AvgIpc) is 2.98. The van der Waals surface area contributed by atoms with E-state index < -0.39 is 0 Å². The molecule has 0 saturated heterocycles. The molecule has 2 heterocycles. The minimum absolute atomic E-state index is 0.724. The van der Waals surface area contributed by atoms with E-state index in [1.165, 1.54) is 16.2 Å². The number of rotatable bonds is 7. The van der Waals surface area contributed by atoms with Crippen molar-refractivity contribution in [1.29, 1.82) is 0 Å². The van der Waals surface area contributed by atoms with Crippen molar-refractivity contribution >= 4 is 11.3 Å². The van der Waals surface area contributed by atoms with E-state index in [-0.39, 0.29) is 0 Å². The molecule has 0 atom stereocenters. The molecule has 0 aromatic carbocycles. The van der Waals surface area contributed by atoms with Gasteiger partial charge < -0.3 is 4.57 Å². The molecule has 2 aromatic heterocycles. The molecular weight excluding hydrogens is 268 g/mol. The molecule has 0 aliphatic rings. The quantitative estimate of drug-likeness (QED) is 0.786. The van der Waals surface area contributed by atoms with Crippen molar-refractivity contribution in [2.75, 3.05) is 7.05 Å². The van der Waals surface area contributed by atoms with E-state index in [9.17, 15) is 0 Å². The van der Waals surface area contributed by atoms with Gasteiger partial charge in [0.1, 0.15) is 12.2 Å². The summed E-state index contributed by atoms with van der Waals surface area (Å²) >= 11 is 1.93. The van der Waals surface area contributed by atoms with Crippen LogP contribution in [0.25, 0.3) is 0 Å². The van der Waals surface area contributed by atoms with E-state index in [4.69, 9.17) is 0 Å². The summed E-state index contributed by atoms with van der Waals surface area (Å²) in [4.78, 5) is 5.20. The second-order valence-electron chi connectivity index (χ2n) is 5.67. The smallest absolute Gasteiger partial charge is 0.146 e.